The van der Waals surface area contributed by atoms with Crippen LogP contribution in [0.15, 0.2) is 25.0 Å². The minimum absolute atomic E-state index is 0.0523. The fourth-order valence-electron chi connectivity index (χ4n) is 3.81. The van der Waals surface area contributed by atoms with Gasteiger partial charge in [-0.15, -0.1) is 11.7 Å². The van der Waals surface area contributed by atoms with Gasteiger partial charge in [0.05, 0.1) is 6.20 Å². The van der Waals surface area contributed by atoms with E-state index in [1.807, 2.05) is 9.80 Å². The van der Waals surface area contributed by atoms with Crippen molar-refractivity contribution in [3.63, 3.8) is 0 Å². The third kappa shape index (κ3) is 3.73. The van der Waals surface area contributed by atoms with Gasteiger partial charge < -0.3 is 9.80 Å². The number of nitrogens with zero attached hydrogens (tertiary/aromatic N) is 6. The van der Waals surface area contributed by atoms with E-state index in [9.17, 15) is 9.59 Å². The highest BCUT2D eigenvalue weighted by molar-refractivity contribution is 5.77. The number of hydrogen-bond donors (Lipinski definition) is 0. The van der Waals surface area contributed by atoms with E-state index in [0.29, 0.717) is 32.6 Å². The highest BCUT2D eigenvalue weighted by Crippen LogP contribution is 2.32. The Labute approximate surface area is 148 Å². The molecule has 8 nitrogen and oxygen atoms in total. The minimum Gasteiger partial charge on any atom is -0.339 e. The van der Waals surface area contributed by atoms with Gasteiger partial charge in [-0.2, -0.15) is 0 Å². The average Bonchev–Trinajstić information content (AvgIpc) is 3.06. The Kier molecular flexibility index (Phi) is 5.17. The second-order valence-corrected chi connectivity index (χ2v) is 6.94. The molecule has 0 saturated carbocycles. The molecule has 0 unspecified atom stereocenters. The van der Waals surface area contributed by atoms with Crippen LogP contribution in [0.2, 0.25) is 0 Å². The zero-order valence-corrected chi connectivity index (χ0v) is 14.8. The molecule has 2 aliphatic heterocycles. The summed E-state index contributed by atoms with van der Waals surface area (Å²) >= 11 is 0. The molecule has 0 aliphatic carbocycles. The molecule has 0 aromatic carbocycles. The van der Waals surface area contributed by atoms with Crippen LogP contribution in [0.5, 0.6) is 0 Å². The maximum atomic E-state index is 12.6. The molecule has 1 spiro atoms. The van der Waals surface area contributed by atoms with Crippen molar-refractivity contribution in [2.45, 2.75) is 31.3 Å². The molecule has 2 saturated heterocycles. The number of carbonyl (C=O) groups excluding carboxylic acids is 2. The van der Waals surface area contributed by atoms with Gasteiger partial charge in [0.25, 0.3) is 0 Å². The molecule has 8 heteroatoms. The fourth-order valence-corrected chi connectivity index (χ4v) is 3.81. The summed E-state index contributed by atoms with van der Waals surface area (Å²) in [7, 11) is 2.10. The molecule has 136 valence electrons. The molecule has 2 fully saturated rings. The van der Waals surface area contributed by atoms with Crippen LogP contribution in [0.25, 0.3) is 0 Å². The molecule has 3 heterocycles. The fraction of sp³-hybridized carbons (Fsp3) is 0.647. The Morgan fingerprint density at radius 3 is 2.92 bits per heavy atom. The first-order valence-electron chi connectivity index (χ1n) is 8.76. The van der Waals surface area contributed by atoms with Crippen molar-refractivity contribution in [2.75, 3.05) is 39.8 Å². The van der Waals surface area contributed by atoms with Gasteiger partial charge >= 0.3 is 0 Å². The summed E-state index contributed by atoms with van der Waals surface area (Å²) in [5.74, 6) is 0.229. The largest absolute Gasteiger partial charge is 0.339 e. The van der Waals surface area contributed by atoms with Crippen molar-refractivity contribution >= 4 is 11.8 Å². The lowest BCUT2D eigenvalue weighted by molar-refractivity contribution is -0.137. The summed E-state index contributed by atoms with van der Waals surface area (Å²) < 4.78 is 1.55. The third-order valence-electron chi connectivity index (χ3n) is 5.48. The number of rotatable bonds is 4. The summed E-state index contributed by atoms with van der Waals surface area (Å²) in [6.45, 7) is 7.43. The van der Waals surface area contributed by atoms with Crippen LogP contribution in [-0.4, -0.2) is 86.8 Å². The van der Waals surface area contributed by atoms with E-state index in [-0.39, 0.29) is 23.9 Å². The normalized spacial score (nSPS) is 25.2. The molecule has 1 aromatic heterocycles. The molecule has 3 rings (SSSR count). The van der Waals surface area contributed by atoms with Crippen LogP contribution in [0, 0.1) is 0 Å². The number of piperazine rings is 1. The van der Waals surface area contributed by atoms with E-state index in [2.05, 4.69) is 28.8 Å². The van der Waals surface area contributed by atoms with Crippen LogP contribution in [0.3, 0.4) is 0 Å². The molecular weight excluding hydrogens is 320 g/mol. The van der Waals surface area contributed by atoms with Crippen molar-refractivity contribution in [3.05, 3.63) is 25.0 Å². The van der Waals surface area contributed by atoms with Gasteiger partial charge in [0, 0.05) is 50.9 Å². The number of aromatic nitrogens is 3. The smallest absolute Gasteiger partial charge is 0.244 e. The maximum absolute atomic E-state index is 12.6. The zero-order chi connectivity index (χ0) is 17.9. The highest BCUT2D eigenvalue weighted by Gasteiger charge is 2.43. The van der Waals surface area contributed by atoms with E-state index in [4.69, 9.17) is 0 Å². The topological polar surface area (TPSA) is 74.6 Å². The first-order valence-corrected chi connectivity index (χ1v) is 8.76. The van der Waals surface area contributed by atoms with Crippen molar-refractivity contribution in [1.82, 2.24) is 29.7 Å². The first-order chi connectivity index (χ1) is 12.0. The van der Waals surface area contributed by atoms with E-state index in [0.717, 1.165) is 19.4 Å². The van der Waals surface area contributed by atoms with Crippen LogP contribution in [0.1, 0.15) is 19.3 Å². The lowest BCUT2D eigenvalue weighted by Gasteiger charge is -2.49. The summed E-state index contributed by atoms with van der Waals surface area (Å²) in [4.78, 5) is 31.1. The number of likely N-dealkylation sites (tertiary alicyclic amines) is 1. The maximum Gasteiger partial charge on any atom is 0.244 e. The van der Waals surface area contributed by atoms with Gasteiger partial charge in [-0.25, -0.2) is 4.68 Å². The van der Waals surface area contributed by atoms with Crippen LogP contribution in [0.4, 0.5) is 0 Å². The Bertz CT molecular complexity index is 631. The molecular formula is C17H26N6O2. The Morgan fingerprint density at radius 2 is 2.20 bits per heavy atom. The summed E-state index contributed by atoms with van der Waals surface area (Å²) in [5.41, 5.74) is -0.137. The number of amides is 2. The number of carbonyl (C=O) groups is 2. The van der Waals surface area contributed by atoms with Crippen LogP contribution in [-0.2, 0) is 16.1 Å². The van der Waals surface area contributed by atoms with Gasteiger partial charge in [0.2, 0.25) is 11.8 Å². The van der Waals surface area contributed by atoms with Gasteiger partial charge in [-0.1, -0.05) is 11.3 Å². The third-order valence-corrected chi connectivity index (χ3v) is 5.48. The number of hydrogen-bond acceptors (Lipinski definition) is 5. The molecule has 0 N–H and O–H groups in total. The lowest BCUT2D eigenvalue weighted by atomic mass is 9.86. The van der Waals surface area contributed by atoms with Gasteiger partial charge in [-0.3, -0.25) is 14.5 Å². The lowest BCUT2D eigenvalue weighted by Crippen LogP contribution is -2.62. The van der Waals surface area contributed by atoms with Crippen molar-refractivity contribution in [1.29, 1.82) is 0 Å². The van der Waals surface area contributed by atoms with Gasteiger partial charge in [0.15, 0.2) is 0 Å². The summed E-state index contributed by atoms with van der Waals surface area (Å²) in [6, 6.07) is 0. The van der Waals surface area contributed by atoms with E-state index < -0.39 is 0 Å². The second kappa shape index (κ2) is 7.35. The molecule has 1 atom stereocenters. The van der Waals surface area contributed by atoms with Crippen molar-refractivity contribution in [2.24, 2.45) is 0 Å². The monoisotopic (exact) mass is 346 g/mol. The van der Waals surface area contributed by atoms with Crippen LogP contribution >= 0.6 is 0 Å². The van der Waals surface area contributed by atoms with E-state index in [1.165, 1.54) is 0 Å². The second-order valence-electron chi connectivity index (χ2n) is 6.94. The molecule has 2 amide bonds. The van der Waals surface area contributed by atoms with Crippen molar-refractivity contribution < 1.29 is 9.59 Å². The zero-order valence-electron chi connectivity index (χ0n) is 14.8. The van der Waals surface area contributed by atoms with Gasteiger partial charge in [-0.05, 0) is 19.9 Å². The predicted octanol–water partition coefficient (Wildman–Crippen LogP) is -0.0106. The first kappa shape index (κ1) is 17.6. The highest BCUT2D eigenvalue weighted by atomic mass is 16.2. The van der Waals surface area contributed by atoms with E-state index >= 15 is 0 Å². The standard InChI is InChI=1S/C17H26N6O2/c1-3-8-21-9-6-17(5-4-15(21)24)14-22(12-11-20(17)2)16(25)13-23-10-7-18-19-23/h3,7,10H,1,4-6,8-9,11-14H2,2H3/t17-/m1/s1. The Balaban J connectivity index is 1.70. The SMILES string of the molecule is C=CCN1CC[C@]2(CCC1=O)CN(C(=O)Cn1ccnn1)CCN2C. The van der Waals surface area contributed by atoms with Gasteiger partial charge in [0.1, 0.15) is 6.54 Å². The molecule has 1 aromatic rings. The average molecular weight is 346 g/mol. The Hall–Kier alpha value is -2.22. The quantitative estimate of drug-likeness (QED) is 0.717. The molecule has 0 radical (unpaired) electrons. The summed E-state index contributed by atoms with van der Waals surface area (Å²) in [6.07, 6.45) is 7.21. The predicted molar refractivity (Wildman–Crippen MR) is 92.6 cm³/mol. The molecule has 25 heavy (non-hydrogen) atoms. The molecule has 0 bridgehead atoms. The van der Waals surface area contributed by atoms with Crippen molar-refractivity contribution in [3.8, 4) is 0 Å². The Morgan fingerprint density at radius 1 is 1.36 bits per heavy atom. The molecule has 2 aliphatic rings. The van der Waals surface area contributed by atoms with Crippen LogP contribution < -0.4 is 0 Å². The number of likely N-dealkylation sites (N-methyl/N-ethyl adjacent to an activating group) is 1. The van der Waals surface area contributed by atoms with E-state index in [1.54, 1.807) is 23.2 Å². The summed E-state index contributed by atoms with van der Waals surface area (Å²) in [5, 5.41) is 7.62. The minimum atomic E-state index is -0.137.